The van der Waals surface area contributed by atoms with Crippen LogP contribution in [0, 0.1) is 5.82 Å². The van der Waals surface area contributed by atoms with Crippen molar-refractivity contribution in [2.75, 3.05) is 11.9 Å². The maximum absolute atomic E-state index is 14.3. The molecule has 0 saturated heterocycles. The third-order valence-electron chi connectivity index (χ3n) is 4.67. The minimum absolute atomic E-state index is 0.264. The Kier molecular flexibility index (Phi) is 4.35. The molecular weight excluding hydrogens is 377 g/mol. The van der Waals surface area contributed by atoms with Gasteiger partial charge in [-0.3, -0.25) is 0 Å². The van der Waals surface area contributed by atoms with E-state index in [4.69, 9.17) is 9.47 Å². The lowest BCUT2D eigenvalue weighted by molar-refractivity contribution is 0.306. The van der Waals surface area contributed by atoms with Crippen LogP contribution in [0.5, 0.6) is 11.5 Å². The predicted molar refractivity (Wildman–Crippen MR) is 100 cm³/mol. The standard InChI is InChI=1S/C19H16FN7O2/c20-15-1-2-16-13(3-4-28-16)14(15)7-23-19-24-8-17(18-26-25-11-27(18)19)29-9-12-5-21-10-22-6-12/h1-2,5-6,8,10-11H,3-4,7,9H2,(H,23,24). The number of rotatable bonds is 6. The molecule has 0 bridgehead atoms. The molecule has 4 heterocycles. The number of aromatic nitrogens is 6. The molecule has 0 radical (unpaired) electrons. The Bertz CT molecular complexity index is 1170. The zero-order valence-electron chi connectivity index (χ0n) is 15.2. The summed E-state index contributed by atoms with van der Waals surface area (Å²) in [5.41, 5.74) is 2.79. The molecule has 0 fully saturated rings. The summed E-state index contributed by atoms with van der Waals surface area (Å²) >= 11 is 0. The molecule has 5 rings (SSSR count). The summed E-state index contributed by atoms with van der Waals surface area (Å²) in [7, 11) is 0. The first-order chi connectivity index (χ1) is 14.3. The van der Waals surface area contributed by atoms with Crippen molar-refractivity contribution >= 4 is 11.6 Å². The van der Waals surface area contributed by atoms with E-state index in [9.17, 15) is 4.39 Å². The highest BCUT2D eigenvalue weighted by atomic mass is 19.1. The topological polar surface area (TPSA) is 99.4 Å². The lowest BCUT2D eigenvalue weighted by Crippen LogP contribution is -2.10. The summed E-state index contributed by atoms with van der Waals surface area (Å²) in [6, 6.07) is 3.09. The van der Waals surface area contributed by atoms with Gasteiger partial charge in [-0.15, -0.1) is 10.2 Å². The van der Waals surface area contributed by atoms with Crippen LogP contribution in [0.25, 0.3) is 5.65 Å². The Morgan fingerprint density at radius 2 is 2.10 bits per heavy atom. The maximum Gasteiger partial charge on any atom is 0.210 e. The number of nitrogens with zero attached hydrogens (tertiary/aromatic N) is 6. The Hall–Kier alpha value is -3.82. The highest BCUT2D eigenvalue weighted by molar-refractivity contribution is 5.56. The number of anilines is 1. The van der Waals surface area contributed by atoms with Crippen molar-refractivity contribution in [1.29, 1.82) is 0 Å². The molecule has 29 heavy (non-hydrogen) atoms. The largest absolute Gasteiger partial charge is 0.493 e. The van der Waals surface area contributed by atoms with Crippen molar-refractivity contribution in [2.45, 2.75) is 19.6 Å². The van der Waals surface area contributed by atoms with E-state index in [1.165, 1.54) is 18.7 Å². The highest BCUT2D eigenvalue weighted by Crippen LogP contribution is 2.30. The average Bonchev–Trinajstić information content (AvgIpc) is 3.42. The van der Waals surface area contributed by atoms with Gasteiger partial charge in [-0.25, -0.2) is 23.7 Å². The van der Waals surface area contributed by atoms with Crippen molar-refractivity contribution in [2.24, 2.45) is 0 Å². The van der Waals surface area contributed by atoms with Crippen molar-refractivity contribution < 1.29 is 13.9 Å². The second-order valence-corrected chi connectivity index (χ2v) is 6.46. The minimum Gasteiger partial charge on any atom is -0.493 e. The van der Waals surface area contributed by atoms with E-state index in [1.807, 2.05) is 0 Å². The molecule has 1 aliphatic rings. The third kappa shape index (κ3) is 3.28. The number of hydrogen-bond acceptors (Lipinski definition) is 8. The second-order valence-electron chi connectivity index (χ2n) is 6.46. The quantitative estimate of drug-likeness (QED) is 0.532. The van der Waals surface area contributed by atoms with Crippen molar-refractivity contribution in [3.63, 3.8) is 0 Å². The Balaban J connectivity index is 1.37. The first-order valence-corrected chi connectivity index (χ1v) is 9.02. The minimum atomic E-state index is -0.271. The molecule has 0 unspecified atom stereocenters. The van der Waals surface area contributed by atoms with E-state index >= 15 is 0 Å². The Morgan fingerprint density at radius 3 is 3.00 bits per heavy atom. The van der Waals surface area contributed by atoms with Gasteiger partial charge in [0, 0.05) is 42.0 Å². The van der Waals surface area contributed by atoms with Crippen LogP contribution in [0.4, 0.5) is 10.3 Å². The molecule has 1 aliphatic heterocycles. The summed E-state index contributed by atoms with van der Waals surface area (Å²) in [4.78, 5) is 12.3. The molecule has 9 nitrogen and oxygen atoms in total. The third-order valence-corrected chi connectivity index (χ3v) is 4.67. The van der Waals surface area contributed by atoms with Crippen LogP contribution in [0.1, 0.15) is 16.7 Å². The van der Waals surface area contributed by atoms with Gasteiger partial charge in [0.15, 0.2) is 5.75 Å². The molecule has 4 aromatic rings. The number of nitrogens with one attached hydrogen (secondary N) is 1. The first kappa shape index (κ1) is 17.3. The fourth-order valence-corrected chi connectivity index (χ4v) is 3.27. The first-order valence-electron chi connectivity index (χ1n) is 9.02. The van der Waals surface area contributed by atoms with Gasteiger partial charge in [0.1, 0.15) is 30.8 Å². The highest BCUT2D eigenvalue weighted by Gasteiger charge is 2.20. The van der Waals surface area contributed by atoms with E-state index in [0.29, 0.717) is 35.9 Å². The fourth-order valence-electron chi connectivity index (χ4n) is 3.27. The van der Waals surface area contributed by atoms with Crippen LogP contribution < -0.4 is 14.8 Å². The number of ether oxygens (including phenoxy) is 2. The van der Waals surface area contributed by atoms with Crippen molar-refractivity contribution in [3.8, 4) is 11.5 Å². The smallest absolute Gasteiger partial charge is 0.210 e. The lowest BCUT2D eigenvalue weighted by atomic mass is 10.0. The molecule has 3 aromatic heterocycles. The van der Waals surface area contributed by atoms with E-state index in [-0.39, 0.29) is 19.0 Å². The molecule has 1 N–H and O–H groups in total. The van der Waals surface area contributed by atoms with Gasteiger partial charge in [-0.1, -0.05) is 0 Å². The maximum atomic E-state index is 14.3. The average molecular weight is 393 g/mol. The number of halogens is 1. The second kappa shape index (κ2) is 7.30. The summed E-state index contributed by atoms with van der Waals surface area (Å²) in [6.07, 6.45) is 8.58. The van der Waals surface area contributed by atoms with Crippen LogP contribution in [0.3, 0.4) is 0 Å². The molecule has 0 amide bonds. The van der Waals surface area contributed by atoms with Gasteiger partial charge in [0.05, 0.1) is 12.8 Å². The molecule has 1 aromatic carbocycles. The zero-order valence-corrected chi connectivity index (χ0v) is 15.2. The fraction of sp³-hybridized carbons (Fsp3) is 0.211. The molecule has 0 atom stereocenters. The molecule has 0 saturated carbocycles. The number of hydrogen-bond donors (Lipinski definition) is 1. The number of fused-ring (bicyclic) bond motifs is 2. The van der Waals surface area contributed by atoms with Gasteiger partial charge >= 0.3 is 0 Å². The predicted octanol–water partition coefficient (Wildman–Crippen LogP) is 2.18. The molecular formula is C19H16FN7O2. The normalized spacial score (nSPS) is 12.6. The summed E-state index contributed by atoms with van der Waals surface area (Å²) in [5, 5.41) is 11.2. The van der Waals surface area contributed by atoms with Crippen molar-refractivity contribution in [3.05, 3.63) is 65.9 Å². The van der Waals surface area contributed by atoms with E-state index in [0.717, 1.165) is 16.9 Å². The van der Waals surface area contributed by atoms with Gasteiger partial charge in [-0.05, 0) is 12.1 Å². The Morgan fingerprint density at radius 1 is 1.21 bits per heavy atom. The SMILES string of the molecule is Fc1ccc2c(c1CNc1ncc(OCc3cncnc3)c3nncn13)CCO2. The lowest BCUT2D eigenvalue weighted by Gasteiger charge is -2.13. The van der Waals surface area contributed by atoms with Gasteiger partial charge in [-0.2, -0.15) is 0 Å². The van der Waals surface area contributed by atoms with E-state index in [2.05, 4.69) is 30.5 Å². The van der Waals surface area contributed by atoms with Gasteiger partial charge in [0.2, 0.25) is 11.6 Å². The Labute approximate surface area is 164 Å². The summed E-state index contributed by atoms with van der Waals surface area (Å²) in [5.74, 6) is 1.42. The monoisotopic (exact) mass is 393 g/mol. The molecule has 0 spiro atoms. The summed E-state index contributed by atoms with van der Waals surface area (Å²) in [6.45, 7) is 1.11. The summed E-state index contributed by atoms with van der Waals surface area (Å²) < 4.78 is 27.3. The van der Waals surface area contributed by atoms with E-state index < -0.39 is 0 Å². The zero-order chi connectivity index (χ0) is 19.6. The molecule has 0 aliphatic carbocycles. The van der Waals surface area contributed by atoms with Crippen molar-refractivity contribution in [1.82, 2.24) is 29.5 Å². The van der Waals surface area contributed by atoms with Crippen LogP contribution >= 0.6 is 0 Å². The van der Waals surface area contributed by atoms with E-state index in [1.54, 1.807) is 29.1 Å². The van der Waals surface area contributed by atoms with Crippen LogP contribution in [0.2, 0.25) is 0 Å². The molecule has 10 heteroatoms. The van der Waals surface area contributed by atoms with Gasteiger partial charge in [0.25, 0.3) is 0 Å². The van der Waals surface area contributed by atoms with Gasteiger partial charge < -0.3 is 14.8 Å². The van der Waals surface area contributed by atoms with Crippen LogP contribution in [-0.4, -0.2) is 36.2 Å². The number of benzene rings is 1. The molecule has 146 valence electrons. The van der Waals surface area contributed by atoms with Crippen LogP contribution in [-0.2, 0) is 19.6 Å². The van der Waals surface area contributed by atoms with Crippen LogP contribution in [0.15, 0.2) is 43.4 Å².